The lowest BCUT2D eigenvalue weighted by atomic mass is 10.1. The molecule has 0 spiro atoms. The summed E-state index contributed by atoms with van der Waals surface area (Å²) in [5.41, 5.74) is 2.34. The number of halogens is 1. The molecule has 0 unspecified atom stereocenters. The van der Waals surface area contributed by atoms with Crippen molar-refractivity contribution in [3.63, 3.8) is 0 Å². The van der Waals surface area contributed by atoms with E-state index in [9.17, 15) is 4.79 Å². The summed E-state index contributed by atoms with van der Waals surface area (Å²) in [6.07, 6.45) is 0. The van der Waals surface area contributed by atoms with Crippen molar-refractivity contribution in [1.82, 2.24) is 4.90 Å². The number of ether oxygens (including phenoxy) is 1. The SMILES string of the molecule is C[C@H](Sc1ccc(Cl)cc1)C(=O)N(C)Cc1ccc(N2CCOCC2)cc1. The van der Waals surface area contributed by atoms with Gasteiger partial charge in [0.15, 0.2) is 0 Å². The predicted molar refractivity (Wildman–Crippen MR) is 113 cm³/mol. The van der Waals surface area contributed by atoms with E-state index in [1.165, 1.54) is 5.69 Å². The molecule has 0 bridgehead atoms. The van der Waals surface area contributed by atoms with Gasteiger partial charge in [0.2, 0.25) is 5.91 Å². The van der Waals surface area contributed by atoms with Gasteiger partial charge in [-0.25, -0.2) is 0 Å². The van der Waals surface area contributed by atoms with Crippen LogP contribution in [0, 0.1) is 0 Å². The minimum absolute atomic E-state index is 0.118. The van der Waals surface area contributed by atoms with Crippen LogP contribution in [0.1, 0.15) is 12.5 Å². The van der Waals surface area contributed by atoms with Crippen LogP contribution < -0.4 is 4.90 Å². The number of nitrogens with zero attached hydrogens (tertiary/aromatic N) is 2. The molecule has 1 atom stereocenters. The number of rotatable bonds is 6. The molecule has 0 radical (unpaired) electrons. The zero-order chi connectivity index (χ0) is 19.2. The predicted octanol–water partition coefficient (Wildman–Crippen LogP) is 4.32. The molecule has 1 aliphatic heterocycles. The first-order valence-corrected chi connectivity index (χ1v) is 10.4. The van der Waals surface area contributed by atoms with Crippen LogP contribution in [0.3, 0.4) is 0 Å². The highest BCUT2D eigenvalue weighted by atomic mass is 35.5. The molecule has 0 aromatic heterocycles. The average molecular weight is 405 g/mol. The number of morpholine rings is 1. The molecule has 3 rings (SSSR count). The standard InChI is InChI=1S/C21H25ClN2O2S/c1-16(27-20-9-5-18(22)6-10-20)21(25)23(2)15-17-3-7-19(8-4-17)24-11-13-26-14-12-24/h3-10,16H,11-15H2,1-2H3/t16-/m0/s1. The van der Waals surface area contributed by atoms with Gasteiger partial charge in [0.25, 0.3) is 0 Å². The average Bonchev–Trinajstić information content (AvgIpc) is 2.70. The molecule has 6 heteroatoms. The molecule has 2 aromatic rings. The first kappa shape index (κ1) is 20.1. The van der Waals surface area contributed by atoms with Gasteiger partial charge < -0.3 is 14.5 Å². The van der Waals surface area contributed by atoms with Crippen molar-refractivity contribution in [3.05, 3.63) is 59.1 Å². The number of benzene rings is 2. The Labute approximate surface area is 170 Å². The maximum absolute atomic E-state index is 12.7. The van der Waals surface area contributed by atoms with Gasteiger partial charge in [0, 0.05) is 42.3 Å². The van der Waals surface area contributed by atoms with Gasteiger partial charge in [0.1, 0.15) is 0 Å². The zero-order valence-corrected chi connectivity index (χ0v) is 17.3. The number of thioether (sulfide) groups is 1. The van der Waals surface area contributed by atoms with Gasteiger partial charge >= 0.3 is 0 Å². The maximum Gasteiger partial charge on any atom is 0.235 e. The van der Waals surface area contributed by atoms with Gasteiger partial charge in [-0.1, -0.05) is 23.7 Å². The first-order chi connectivity index (χ1) is 13.0. The van der Waals surface area contributed by atoms with Crippen molar-refractivity contribution >= 4 is 35.0 Å². The molecule has 0 N–H and O–H groups in total. The van der Waals surface area contributed by atoms with Crippen molar-refractivity contribution in [2.45, 2.75) is 23.6 Å². The molecule has 1 aliphatic rings. The molecule has 4 nitrogen and oxygen atoms in total. The fourth-order valence-electron chi connectivity index (χ4n) is 3.06. The molecule has 1 heterocycles. The highest BCUT2D eigenvalue weighted by Gasteiger charge is 2.19. The Morgan fingerprint density at radius 1 is 1.15 bits per heavy atom. The van der Waals surface area contributed by atoms with Crippen LogP contribution in [0.15, 0.2) is 53.4 Å². The van der Waals surface area contributed by atoms with Crippen molar-refractivity contribution in [3.8, 4) is 0 Å². The van der Waals surface area contributed by atoms with Gasteiger partial charge in [-0.05, 0) is 48.9 Å². The van der Waals surface area contributed by atoms with Crippen LogP contribution in [0.5, 0.6) is 0 Å². The fourth-order valence-corrected chi connectivity index (χ4v) is 4.17. The van der Waals surface area contributed by atoms with Gasteiger partial charge in [-0.3, -0.25) is 4.79 Å². The minimum Gasteiger partial charge on any atom is -0.378 e. The topological polar surface area (TPSA) is 32.8 Å². The van der Waals surface area contributed by atoms with E-state index in [1.54, 1.807) is 16.7 Å². The highest BCUT2D eigenvalue weighted by Crippen LogP contribution is 2.26. The third kappa shape index (κ3) is 5.64. The van der Waals surface area contributed by atoms with Crippen LogP contribution in [-0.2, 0) is 16.1 Å². The van der Waals surface area contributed by atoms with E-state index >= 15 is 0 Å². The number of anilines is 1. The van der Waals surface area contributed by atoms with Crippen LogP contribution in [-0.4, -0.2) is 49.4 Å². The number of amides is 1. The number of hydrogen-bond donors (Lipinski definition) is 0. The lowest BCUT2D eigenvalue weighted by Crippen LogP contribution is -2.36. The largest absolute Gasteiger partial charge is 0.378 e. The smallest absolute Gasteiger partial charge is 0.235 e. The second-order valence-corrected chi connectivity index (χ2v) is 8.52. The Morgan fingerprint density at radius 2 is 1.78 bits per heavy atom. The van der Waals surface area contributed by atoms with Crippen molar-refractivity contribution in [2.75, 3.05) is 38.3 Å². The van der Waals surface area contributed by atoms with Crippen LogP contribution in [0.2, 0.25) is 5.02 Å². The Balaban J connectivity index is 1.54. The maximum atomic E-state index is 12.7. The molecule has 1 saturated heterocycles. The third-order valence-corrected chi connectivity index (χ3v) is 5.93. The van der Waals surface area contributed by atoms with Crippen molar-refractivity contribution < 1.29 is 9.53 Å². The molecule has 2 aromatic carbocycles. The van der Waals surface area contributed by atoms with E-state index in [-0.39, 0.29) is 11.2 Å². The number of hydrogen-bond acceptors (Lipinski definition) is 4. The van der Waals surface area contributed by atoms with Crippen molar-refractivity contribution in [2.24, 2.45) is 0 Å². The summed E-state index contributed by atoms with van der Waals surface area (Å²) in [5, 5.41) is 0.555. The van der Waals surface area contributed by atoms with E-state index in [1.807, 2.05) is 38.2 Å². The normalized spacial score (nSPS) is 15.4. The van der Waals surface area contributed by atoms with Gasteiger partial charge in [-0.15, -0.1) is 11.8 Å². The summed E-state index contributed by atoms with van der Waals surface area (Å²) >= 11 is 7.47. The summed E-state index contributed by atoms with van der Waals surface area (Å²) in [6.45, 7) is 5.96. The monoisotopic (exact) mass is 404 g/mol. The summed E-state index contributed by atoms with van der Waals surface area (Å²) in [6, 6.07) is 16.1. The molecular weight excluding hydrogens is 380 g/mol. The number of carbonyl (C=O) groups is 1. The quantitative estimate of drug-likeness (QED) is 0.671. The summed E-state index contributed by atoms with van der Waals surface area (Å²) in [7, 11) is 1.86. The van der Waals surface area contributed by atoms with E-state index in [4.69, 9.17) is 16.3 Å². The molecule has 1 amide bonds. The minimum atomic E-state index is -0.149. The van der Waals surface area contributed by atoms with Crippen molar-refractivity contribution in [1.29, 1.82) is 0 Å². The molecular formula is C21H25ClN2O2S. The summed E-state index contributed by atoms with van der Waals surface area (Å²) in [4.78, 5) is 17.9. The highest BCUT2D eigenvalue weighted by molar-refractivity contribution is 8.00. The Kier molecular flexibility index (Phi) is 7.05. The lowest BCUT2D eigenvalue weighted by Gasteiger charge is -2.29. The molecule has 0 aliphatic carbocycles. The molecule has 0 saturated carbocycles. The third-order valence-electron chi connectivity index (χ3n) is 4.58. The molecule has 144 valence electrons. The lowest BCUT2D eigenvalue weighted by molar-refractivity contribution is -0.129. The second-order valence-electron chi connectivity index (χ2n) is 6.67. The van der Waals surface area contributed by atoms with E-state index in [0.29, 0.717) is 11.6 Å². The van der Waals surface area contributed by atoms with Crippen LogP contribution in [0.25, 0.3) is 0 Å². The van der Waals surface area contributed by atoms with Gasteiger partial charge in [0.05, 0.1) is 18.5 Å². The fraction of sp³-hybridized carbons (Fsp3) is 0.381. The summed E-state index contributed by atoms with van der Waals surface area (Å²) in [5.74, 6) is 0.118. The summed E-state index contributed by atoms with van der Waals surface area (Å²) < 4.78 is 5.40. The second kappa shape index (κ2) is 9.49. The van der Waals surface area contributed by atoms with Crippen LogP contribution >= 0.6 is 23.4 Å². The molecule has 27 heavy (non-hydrogen) atoms. The van der Waals surface area contributed by atoms with Crippen LogP contribution in [0.4, 0.5) is 5.69 Å². The Hall–Kier alpha value is -1.69. The van der Waals surface area contributed by atoms with Gasteiger partial charge in [-0.2, -0.15) is 0 Å². The van der Waals surface area contributed by atoms with E-state index in [0.717, 1.165) is 36.8 Å². The van der Waals surface area contributed by atoms with E-state index < -0.39 is 0 Å². The Morgan fingerprint density at radius 3 is 2.41 bits per heavy atom. The molecule has 1 fully saturated rings. The first-order valence-electron chi connectivity index (χ1n) is 9.12. The van der Waals surface area contributed by atoms with E-state index in [2.05, 4.69) is 29.2 Å². The number of carbonyl (C=O) groups excluding carboxylic acids is 1. The Bertz CT molecular complexity index is 746. The zero-order valence-electron chi connectivity index (χ0n) is 15.7.